The standard InChI is InChI=1S/C24H28F4N2/c25-22-9-4-6-18(12-22)14-30-16-20(15-29-10-2-1-3-11-29)23(17-30)19-7-5-8-21(13-19)24(26,27)28/h4-9,12-13,20,23H,1-3,10-11,14-17H2/t20-,23+/m0/s1. The Labute approximate surface area is 175 Å². The fourth-order valence-corrected chi connectivity index (χ4v) is 4.97. The molecule has 0 bridgehead atoms. The van der Waals surface area contributed by atoms with Crippen LogP contribution in [0, 0.1) is 11.7 Å². The first-order valence-electron chi connectivity index (χ1n) is 10.7. The van der Waals surface area contributed by atoms with Gasteiger partial charge in [-0.15, -0.1) is 0 Å². The third-order valence-corrected chi connectivity index (χ3v) is 6.40. The van der Waals surface area contributed by atoms with Gasteiger partial charge in [0.25, 0.3) is 0 Å². The zero-order chi connectivity index (χ0) is 21.1. The second-order valence-corrected chi connectivity index (χ2v) is 8.68. The van der Waals surface area contributed by atoms with E-state index in [1.807, 2.05) is 12.1 Å². The molecule has 30 heavy (non-hydrogen) atoms. The van der Waals surface area contributed by atoms with Crippen LogP contribution >= 0.6 is 0 Å². The van der Waals surface area contributed by atoms with Gasteiger partial charge in [-0.25, -0.2) is 4.39 Å². The predicted octanol–water partition coefficient (Wildman–Crippen LogP) is 5.55. The summed E-state index contributed by atoms with van der Waals surface area (Å²) < 4.78 is 53.4. The number of benzene rings is 2. The summed E-state index contributed by atoms with van der Waals surface area (Å²) in [5.41, 5.74) is 1.07. The lowest BCUT2D eigenvalue weighted by Gasteiger charge is -2.31. The van der Waals surface area contributed by atoms with E-state index in [2.05, 4.69) is 9.80 Å². The predicted molar refractivity (Wildman–Crippen MR) is 110 cm³/mol. The second-order valence-electron chi connectivity index (χ2n) is 8.68. The van der Waals surface area contributed by atoms with Crippen LogP contribution < -0.4 is 0 Å². The third-order valence-electron chi connectivity index (χ3n) is 6.40. The van der Waals surface area contributed by atoms with Crippen molar-refractivity contribution in [2.75, 3.05) is 32.7 Å². The number of alkyl halides is 3. The monoisotopic (exact) mass is 420 g/mol. The summed E-state index contributed by atoms with van der Waals surface area (Å²) in [6, 6.07) is 12.4. The average Bonchev–Trinajstić information content (AvgIpc) is 3.10. The Hall–Kier alpha value is -1.92. The summed E-state index contributed by atoms with van der Waals surface area (Å²) in [5.74, 6) is 0.0499. The van der Waals surface area contributed by atoms with Crippen molar-refractivity contribution in [3.63, 3.8) is 0 Å². The van der Waals surface area contributed by atoms with Crippen LogP contribution in [0.2, 0.25) is 0 Å². The van der Waals surface area contributed by atoms with E-state index in [1.165, 1.54) is 43.5 Å². The molecule has 0 saturated carbocycles. The zero-order valence-electron chi connectivity index (χ0n) is 17.0. The van der Waals surface area contributed by atoms with Crippen LogP contribution in [0.3, 0.4) is 0 Å². The van der Waals surface area contributed by atoms with E-state index in [9.17, 15) is 17.6 Å². The van der Waals surface area contributed by atoms with E-state index < -0.39 is 11.7 Å². The summed E-state index contributed by atoms with van der Waals surface area (Å²) in [6.07, 6.45) is -0.704. The van der Waals surface area contributed by atoms with Gasteiger partial charge in [-0.1, -0.05) is 36.8 Å². The van der Waals surface area contributed by atoms with E-state index in [0.29, 0.717) is 13.1 Å². The second kappa shape index (κ2) is 9.06. The minimum atomic E-state index is -4.34. The molecule has 0 amide bonds. The van der Waals surface area contributed by atoms with Crippen molar-refractivity contribution in [1.82, 2.24) is 9.80 Å². The Kier molecular flexibility index (Phi) is 6.44. The Balaban J connectivity index is 1.55. The number of hydrogen-bond acceptors (Lipinski definition) is 2. The molecule has 2 aliphatic rings. The number of nitrogens with zero attached hydrogens (tertiary/aromatic N) is 2. The molecule has 0 N–H and O–H groups in total. The van der Waals surface area contributed by atoms with Crippen LogP contribution in [0.15, 0.2) is 48.5 Å². The number of rotatable bonds is 5. The summed E-state index contributed by atoms with van der Waals surface area (Å²) in [5, 5.41) is 0. The van der Waals surface area contributed by atoms with Crippen LogP contribution in [0.25, 0.3) is 0 Å². The Morgan fingerprint density at radius 3 is 2.37 bits per heavy atom. The third kappa shape index (κ3) is 5.22. The van der Waals surface area contributed by atoms with Gasteiger partial charge >= 0.3 is 6.18 Å². The van der Waals surface area contributed by atoms with E-state index in [4.69, 9.17) is 0 Å². The van der Waals surface area contributed by atoms with E-state index in [1.54, 1.807) is 6.07 Å². The van der Waals surface area contributed by atoms with Crippen molar-refractivity contribution >= 4 is 0 Å². The molecular formula is C24H28F4N2. The molecule has 2 heterocycles. The Bertz CT molecular complexity index is 845. The lowest BCUT2D eigenvalue weighted by atomic mass is 9.87. The van der Waals surface area contributed by atoms with Crippen molar-refractivity contribution in [2.45, 2.75) is 37.9 Å². The summed E-state index contributed by atoms with van der Waals surface area (Å²) >= 11 is 0. The summed E-state index contributed by atoms with van der Waals surface area (Å²) in [6.45, 7) is 5.15. The number of hydrogen-bond donors (Lipinski definition) is 0. The van der Waals surface area contributed by atoms with Crippen LogP contribution in [0.5, 0.6) is 0 Å². The quantitative estimate of drug-likeness (QED) is 0.586. The normalized spacial score (nSPS) is 23.7. The van der Waals surface area contributed by atoms with Gasteiger partial charge in [0.1, 0.15) is 5.82 Å². The summed E-state index contributed by atoms with van der Waals surface area (Å²) in [7, 11) is 0. The lowest BCUT2D eigenvalue weighted by molar-refractivity contribution is -0.137. The van der Waals surface area contributed by atoms with Crippen molar-refractivity contribution in [1.29, 1.82) is 0 Å². The molecule has 2 atom stereocenters. The smallest absolute Gasteiger partial charge is 0.303 e. The van der Waals surface area contributed by atoms with Gasteiger partial charge in [-0.3, -0.25) is 4.90 Å². The highest BCUT2D eigenvalue weighted by Crippen LogP contribution is 2.37. The van der Waals surface area contributed by atoms with Crippen LogP contribution in [-0.4, -0.2) is 42.5 Å². The molecule has 162 valence electrons. The highest BCUT2D eigenvalue weighted by Gasteiger charge is 2.37. The fraction of sp³-hybridized carbons (Fsp3) is 0.500. The largest absolute Gasteiger partial charge is 0.416 e. The van der Waals surface area contributed by atoms with Gasteiger partial charge in [0.05, 0.1) is 5.56 Å². The van der Waals surface area contributed by atoms with E-state index in [-0.39, 0.29) is 17.7 Å². The fourth-order valence-electron chi connectivity index (χ4n) is 4.97. The molecule has 2 nitrogen and oxygen atoms in total. The molecule has 2 fully saturated rings. The van der Waals surface area contributed by atoms with Crippen molar-refractivity contribution < 1.29 is 17.6 Å². The van der Waals surface area contributed by atoms with Gasteiger partial charge in [0, 0.05) is 32.1 Å². The van der Waals surface area contributed by atoms with Crippen molar-refractivity contribution in [2.24, 2.45) is 5.92 Å². The molecule has 6 heteroatoms. The molecular weight excluding hydrogens is 392 g/mol. The maximum atomic E-state index is 13.6. The van der Waals surface area contributed by atoms with E-state index >= 15 is 0 Å². The molecule has 0 aromatic heterocycles. The van der Waals surface area contributed by atoms with Crippen LogP contribution in [0.4, 0.5) is 17.6 Å². The van der Waals surface area contributed by atoms with Gasteiger partial charge in [0.2, 0.25) is 0 Å². The maximum absolute atomic E-state index is 13.6. The van der Waals surface area contributed by atoms with Crippen molar-refractivity contribution in [3.05, 3.63) is 71.0 Å². The first-order chi connectivity index (χ1) is 14.4. The molecule has 0 spiro atoms. The minimum absolute atomic E-state index is 0.0442. The molecule has 2 aliphatic heterocycles. The average molecular weight is 420 g/mol. The highest BCUT2D eigenvalue weighted by atomic mass is 19.4. The molecule has 0 radical (unpaired) electrons. The van der Waals surface area contributed by atoms with Gasteiger partial charge in [-0.05, 0) is 61.2 Å². The number of piperidine rings is 1. The van der Waals surface area contributed by atoms with Gasteiger partial charge in [-0.2, -0.15) is 13.2 Å². The molecule has 0 unspecified atom stereocenters. The topological polar surface area (TPSA) is 6.48 Å². The summed E-state index contributed by atoms with van der Waals surface area (Å²) in [4.78, 5) is 4.72. The maximum Gasteiger partial charge on any atom is 0.416 e. The van der Waals surface area contributed by atoms with E-state index in [0.717, 1.165) is 43.4 Å². The lowest BCUT2D eigenvalue weighted by Crippen LogP contribution is -2.36. The minimum Gasteiger partial charge on any atom is -0.303 e. The van der Waals surface area contributed by atoms with Crippen molar-refractivity contribution in [3.8, 4) is 0 Å². The van der Waals surface area contributed by atoms with Crippen LogP contribution in [-0.2, 0) is 12.7 Å². The number of halogens is 4. The zero-order valence-corrected chi connectivity index (χ0v) is 17.0. The Morgan fingerprint density at radius 2 is 1.63 bits per heavy atom. The molecule has 2 aromatic carbocycles. The first kappa shape index (κ1) is 21.3. The Morgan fingerprint density at radius 1 is 0.867 bits per heavy atom. The molecule has 4 rings (SSSR count). The molecule has 2 saturated heterocycles. The van der Waals surface area contributed by atoms with Crippen LogP contribution in [0.1, 0.15) is 41.9 Å². The van der Waals surface area contributed by atoms with Gasteiger partial charge in [0.15, 0.2) is 0 Å². The first-order valence-corrected chi connectivity index (χ1v) is 10.7. The SMILES string of the molecule is Fc1cccc(CN2C[C@H](CN3CCCCC3)[C@@H](c3cccc(C(F)(F)F)c3)C2)c1. The molecule has 2 aromatic rings. The molecule has 0 aliphatic carbocycles. The highest BCUT2D eigenvalue weighted by molar-refractivity contribution is 5.30. The van der Waals surface area contributed by atoms with Gasteiger partial charge < -0.3 is 4.90 Å². The number of likely N-dealkylation sites (tertiary alicyclic amines) is 2.